The van der Waals surface area contributed by atoms with Crippen LogP contribution in [0.5, 0.6) is 0 Å². The first-order valence-corrected chi connectivity index (χ1v) is 12.2. The summed E-state index contributed by atoms with van der Waals surface area (Å²) in [4.78, 5) is 67.0. The molecule has 0 aromatic carbocycles. The molecule has 3 fully saturated rings. The number of hydrogen-bond donors (Lipinski definition) is 3. The molecule has 0 atom stereocenters. The Balaban J connectivity index is 0.000000494. The zero-order chi connectivity index (χ0) is 28.5. The second-order valence-corrected chi connectivity index (χ2v) is 9.29. The molecule has 3 aliphatic rings. The van der Waals surface area contributed by atoms with Crippen LogP contribution in [0.4, 0.5) is 0 Å². The smallest absolute Gasteiger partial charge is 0.303 e. The van der Waals surface area contributed by atoms with Crippen molar-refractivity contribution in [3.8, 4) is 0 Å². The van der Waals surface area contributed by atoms with Gasteiger partial charge in [-0.2, -0.15) is 0 Å². The SMILES string of the molecule is CNOC.CON(C)C(=O)CC1CC(=O)C1.CON(C)C(=O)CC1CC(N)C1.O=C(O)CC1CC(=O)C1. The number of carbonyl (C=O) groups excluding carboxylic acids is 4. The minimum atomic E-state index is -0.799. The van der Waals surface area contributed by atoms with E-state index in [0.29, 0.717) is 50.5 Å². The Morgan fingerprint density at radius 3 is 1.46 bits per heavy atom. The molecule has 3 rings (SSSR count). The van der Waals surface area contributed by atoms with Crippen molar-refractivity contribution in [1.82, 2.24) is 15.6 Å². The summed E-state index contributed by atoms with van der Waals surface area (Å²) >= 11 is 0. The van der Waals surface area contributed by atoms with E-state index in [2.05, 4.69) is 10.3 Å². The molecule has 2 amide bonds. The lowest BCUT2D eigenvalue weighted by Gasteiger charge is -2.32. The zero-order valence-corrected chi connectivity index (χ0v) is 22.9. The minimum Gasteiger partial charge on any atom is -0.481 e. The molecular weight excluding hydrogens is 488 g/mol. The number of hydrogen-bond acceptors (Lipinski definition) is 10. The van der Waals surface area contributed by atoms with Gasteiger partial charge >= 0.3 is 5.97 Å². The number of ketones is 2. The van der Waals surface area contributed by atoms with Crippen LogP contribution in [0.2, 0.25) is 0 Å². The summed E-state index contributed by atoms with van der Waals surface area (Å²) < 4.78 is 0. The summed E-state index contributed by atoms with van der Waals surface area (Å²) in [7, 11) is 9.41. The van der Waals surface area contributed by atoms with Gasteiger partial charge in [0.15, 0.2) is 0 Å². The van der Waals surface area contributed by atoms with E-state index < -0.39 is 5.97 Å². The van der Waals surface area contributed by atoms with Gasteiger partial charge in [-0.25, -0.2) is 15.6 Å². The molecule has 0 heterocycles. The lowest BCUT2D eigenvalue weighted by atomic mass is 9.79. The second kappa shape index (κ2) is 18.7. The quantitative estimate of drug-likeness (QED) is 0.356. The highest BCUT2D eigenvalue weighted by atomic mass is 16.7. The number of carboxylic acid groups (broad SMARTS) is 1. The Morgan fingerprint density at radius 2 is 1.19 bits per heavy atom. The van der Waals surface area contributed by atoms with Crippen molar-refractivity contribution in [1.29, 1.82) is 0 Å². The van der Waals surface area contributed by atoms with Gasteiger partial charge in [-0.15, -0.1) is 0 Å². The largest absolute Gasteiger partial charge is 0.481 e. The number of nitrogens with zero attached hydrogens (tertiary/aromatic N) is 2. The zero-order valence-electron chi connectivity index (χ0n) is 22.9. The number of Topliss-reactive ketones (excluding diaryl/α,β-unsaturated/α-hetero) is 2. The fraction of sp³-hybridized carbons (Fsp3) is 0.792. The number of amides is 2. The molecule has 0 unspecified atom stereocenters. The Kier molecular flexibility index (Phi) is 17.5. The molecule has 0 bridgehead atoms. The third-order valence-electron chi connectivity index (χ3n) is 6.18. The van der Waals surface area contributed by atoms with E-state index in [1.807, 2.05) is 0 Å². The van der Waals surface area contributed by atoms with Crippen LogP contribution in [0.3, 0.4) is 0 Å². The predicted octanol–water partition coefficient (Wildman–Crippen LogP) is 0.716. The van der Waals surface area contributed by atoms with Crippen LogP contribution in [0, 0.1) is 17.8 Å². The van der Waals surface area contributed by atoms with Crippen molar-refractivity contribution >= 4 is 29.4 Å². The molecule has 37 heavy (non-hydrogen) atoms. The van der Waals surface area contributed by atoms with Crippen molar-refractivity contribution in [2.75, 3.05) is 42.5 Å². The van der Waals surface area contributed by atoms with Crippen molar-refractivity contribution in [3.05, 3.63) is 0 Å². The number of carbonyl (C=O) groups is 5. The van der Waals surface area contributed by atoms with E-state index in [-0.39, 0.29) is 41.6 Å². The minimum absolute atomic E-state index is 0.0365. The lowest BCUT2D eigenvalue weighted by molar-refractivity contribution is -0.171. The molecule has 3 saturated carbocycles. The monoisotopic (exact) mass is 532 g/mol. The number of nitrogens with two attached hydrogens (primary N) is 1. The molecule has 0 radical (unpaired) electrons. The van der Waals surface area contributed by atoms with Gasteiger partial charge in [-0.05, 0) is 30.6 Å². The van der Waals surface area contributed by atoms with E-state index in [1.165, 1.54) is 24.3 Å². The van der Waals surface area contributed by atoms with Crippen LogP contribution in [-0.2, 0) is 38.5 Å². The molecule has 0 aromatic rings. The summed E-state index contributed by atoms with van der Waals surface area (Å²) in [5.74, 6) is 0.494. The maximum atomic E-state index is 11.2. The highest BCUT2D eigenvalue weighted by Gasteiger charge is 2.30. The van der Waals surface area contributed by atoms with E-state index >= 15 is 0 Å². The highest BCUT2D eigenvalue weighted by molar-refractivity contribution is 5.87. The molecule has 3 aliphatic carbocycles. The number of aliphatic carboxylic acids is 1. The molecular formula is C24H44N4O9. The molecule has 214 valence electrons. The van der Waals surface area contributed by atoms with Gasteiger partial charge in [0.1, 0.15) is 11.6 Å². The van der Waals surface area contributed by atoms with Crippen LogP contribution in [-0.4, -0.2) is 93.1 Å². The lowest BCUT2D eigenvalue weighted by Crippen LogP contribution is -2.39. The van der Waals surface area contributed by atoms with Crippen molar-refractivity contribution in [2.24, 2.45) is 23.5 Å². The molecule has 0 aromatic heterocycles. The van der Waals surface area contributed by atoms with Crippen LogP contribution in [0.15, 0.2) is 0 Å². The predicted molar refractivity (Wildman–Crippen MR) is 133 cm³/mol. The van der Waals surface area contributed by atoms with Crippen LogP contribution >= 0.6 is 0 Å². The van der Waals surface area contributed by atoms with Gasteiger partial charge in [-0.3, -0.25) is 33.6 Å². The van der Waals surface area contributed by atoms with Crippen LogP contribution in [0.25, 0.3) is 0 Å². The third-order valence-corrected chi connectivity index (χ3v) is 6.18. The first kappa shape index (κ1) is 34.6. The normalized spacial score (nSPS) is 20.2. The third kappa shape index (κ3) is 15.4. The maximum Gasteiger partial charge on any atom is 0.303 e. The fourth-order valence-electron chi connectivity index (χ4n) is 3.61. The Morgan fingerprint density at radius 1 is 0.838 bits per heavy atom. The Hall–Kier alpha value is -2.45. The van der Waals surface area contributed by atoms with Crippen LogP contribution in [0.1, 0.15) is 57.8 Å². The molecule has 13 heteroatoms. The second-order valence-electron chi connectivity index (χ2n) is 9.29. The molecule has 0 spiro atoms. The highest BCUT2D eigenvalue weighted by Crippen LogP contribution is 2.29. The van der Waals surface area contributed by atoms with Crippen molar-refractivity contribution in [3.63, 3.8) is 0 Å². The van der Waals surface area contributed by atoms with Gasteiger partial charge in [0, 0.05) is 72.1 Å². The van der Waals surface area contributed by atoms with E-state index in [0.717, 1.165) is 12.8 Å². The number of rotatable bonds is 9. The summed E-state index contributed by atoms with van der Waals surface area (Å²) in [5.41, 5.74) is 8.03. The molecule has 13 nitrogen and oxygen atoms in total. The van der Waals surface area contributed by atoms with Crippen LogP contribution < -0.4 is 11.2 Å². The Labute approximate surface area is 218 Å². The molecule has 4 N–H and O–H groups in total. The standard InChI is InChI=1S/C8H16N2O2.C8H13NO3.C6H8O3.C2H7NO/c1-10(12-2)8(11)5-6-3-7(9)4-6;1-9(12-2)8(11)5-6-3-7(10)4-6;7-5-1-4(2-5)3-6(8)9;1-3-4-2/h6-7H,3-5,9H2,1-2H3;6H,3-5H2,1-2H3;4H,1-3H2,(H,8,9);3H,1-2H3. The molecule has 0 saturated heterocycles. The van der Waals surface area contributed by atoms with Crippen molar-refractivity contribution < 1.29 is 43.6 Å². The first-order valence-electron chi connectivity index (χ1n) is 12.2. The maximum absolute atomic E-state index is 11.2. The van der Waals surface area contributed by atoms with E-state index in [9.17, 15) is 24.0 Å². The molecule has 0 aliphatic heterocycles. The van der Waals surface area contributed by atoms with E-state index in [4.69, 9.17) is 20.5 Å². The van der Waals surface area contributed by atoms with Gasteiger partial charge in [0.25, 0.3) is 0 Å². The summed E-state index contributed by atoms with van der Waals surface area (Å²) in [6, 6.07) is 0.315. The topological polar surface area (TPSA) is 178 Å². The fourth-order valence-corrected chi connectivity index (χ4v) is 3.61. The van der Waals surface area contributed by atoms with Gasteiger partial charge < -0.3 is 15.7 Å². The summed E-state index contributed by atoms with van der Waals surface area (Å²) in [6.07, 6.45) is 5.18. The number of hydroxylamine groups is 5. The van der Waals surface area contributed by atoms with Gasteiger partial charge in [-0.1, -0.05) is 0 Å². The van der Waals surface area contributed by atoms with Gasteiger partial charge in [0.05, 0.1) is 21.3 Å². The first-order chi connectivity index (χ1) is 17.4. The summed E-state index contributed by atoms with van der Waals surface area (Å²) in [5, 5.41) is 10.7. The van der Waals surface area contributed by atoms with E-state index in [1.54, 1.807) is 28.3 Å². The van der Waals surface area contributed by atoms with Gasteiger partial charge in [0.2, 0.25) is 11.8 Å². The number of nitrogens with one attached hydrogen (secondary N) is 1. The average molecular weight is 533 g/mol. The Bertz CT molecular complexity index is 726. The average Bonchev–Trinajstić information content (AvgIpc) is 2.80. The number of carboxylic acids is 1. The van der Waals surface area contributed by atoms with Crippen molar-refractivity contribution in [2.45, 2.75) is 63.8 Å². The summed E-state index contributed by atoms with van der Waals surface area (Å²) in [6.45, 7) is 0.